The summed E-state index contributed by atoms with van der Waals surface area (Å²) in [6.45, 7) is 11.9. The first-order valence-electron chi connectivity index (χ1n) is 6.95. The Morgan fingerprint density at radius 1 is 1.30 bits per heavy atom. The van der Waals surface area contributed by atoms with Crippen LogP contribution in [0.25, 0.3) is 0 Å². The van der Waals surface area contributed by atoms with Crippen LogP contribution < -0.4 is 10.1 Å². The van der Waals surface area contributed by atoms with E-state index in [-0.39, 0.29) is 12.5 Å². The number of amides is 1. The van der Waals surface area contributed by atoms with Crippen LogP contribution in [-0.2, 0) is 4.79 Å². The number of likely N-dealkylation sites (N-methyl/N-ethyl adjacent to an activating group) is 1. The fraction of sp³-hybridized carbons (Fsp3) is 0.438. The summed E-state index contributed by atoms with van der Waals surface area (Å²) in [6.07, 6.45) is 0. The second-order valence-corrected chi connectivity index (χ2v) is 4.68. The Morgan fingerprint density at radius 2 is 1.95 bits per heavy atom. The van der Waals surface area contributed by atoms with Crippen molar-refractivity contribution in [3.05, 3.63) is 36.4 Å². The van der Waals surface area contributed by atoms with Crippen molar-refractivity contribution < 1.29 is 9.53 Å². The van der Waals surface area contributed by atoms with Crippen molar-refractivity contribution in [3.63, 3.8) is 0 Å². The number of rotatable bonds is 8. The van der Waals surface area contributed by atoms with E-state index in [0.29, 0.717) is 19.7 Å². The molecule has 0 unspecified atom stereocenters. The first-order chi connectivity index (χ1) is 9.56. The van der Waals surface area contributed by atoms with Crippen molar-refractivity contribution in [3.8, 4) is 5.75 Å². The van der Waals surface area contributed by atoms with E-state index in [9.17, 15) is 4.79 Å². The zero-order valence-corrected chi connectivity index (χ0v) is 12.6. The molecule has 20 heavy (non-hydrogen) atoms. The molecule has 0 bridgehead atoms. The molecule has 1 aromatic rings. The van der Waals surface area contributed by atoms with Crippen LogP contribution in [0.3, 0.4) is 0 Å². The van der Waals surface area contributed by atoms with E-state index >= 15 is 0 Å². The maximum atomic E-state index is 12.1. The van der Waals surface area contributed by atoms with Crippen LogP contribution in [0.4, 0.5) is 5.69 Å². The molecule has 0 saturated carbocycles. The number of ether oxygens (including phenoxy) is 1. The molecule has 4 nitrogen and oxygen atoms in total. The molecule has 1 aromatic carbocycles. The Balaban J connectivity index is 2.48. The van der Waals surface area contributed by atoms with Crippen LogP contribution in [-0.4, -0.2) is 37.0 Å². The molecule has 4 heteroatoms. The lowest BCUT2D eigenvalue weighted by Gasteiger charge is -2.21. The monoisotopic (exact) mass is 276 g/mol. The van der Waals surface area contributed by atoms with Gasteiger partial charge in [0.2, 0.25) is 5.91 Å². The highest BCUT2D eigenvalue weighted by Gasteiger charge is 2.10. The molecule has 110 valence electrons. The zero-order chi connectivity index (χ0) is 15.0. The van der Waals surface area contributed by atoms with Crippen molar-refractivity contribution in [1.82, 2.24) is 4.90 Å². The summed E-state index contributed by atoms with van der Waals surface area (Å²) in [5, 5.41) is 3.13. The van der Waals surface area contributed by atoms with Gasteiger partial charge in [-0.3, -0.25) is 4.79 Å². The number of carbonyl (C=O) groups is 1. The average Bonchev–Trinajstić information content (AvgIpc) is 2.43. The average molecular weight is 276 g/mol. The number of hydrogen-bond acceptors (Lipinski definition) is 3. The summed E-state index contributed by atoms with van der Waals surface area (Å²) in [7, 11) is 0. The third-order valence-electron chi connectivity index (χ3n) is 2.80. The van der Waals surface area contributed by atoms with Gasteiger partial charge in [0.05, 0.1) is 13.2 Å². The topological polar surface area (TPSA) is 41.6 Å². The minimum Gasteiger partial charge on any atom is -0.494 e. The minimum atomic E-state index is 0.0735. The Labute approximate surface area is 121 Å². The van der Waals surface area contributed by atoms with Crippen LogP contribution in [0, 0.1) is 0 Å². The summed E-state index contributed by atoms with van der Waals surface area (Å²) >= 11 is 0. The smallest absolute Gasteiger partial charge is 0.242 e. The third-order valence-corrected chi connectivity index (χ3v) is 2.80. The SMILES string of the molecule is C=C(C)CN(CC)C(=O)CNc1ccc(OCC)cc1. The van der Waals surface area contributed by atoms with Gasteiger partial charge < -0.3 is 15.0 Å². The molecule has 0 radical (unpaired) electrons. The quantitative estimate of drug-likeness (QED) is 0.742. The van der Waals surface area contributed by atoms with Gasteiger partial charge in [-0.25, -0.2) is 0 Å². The molecular formula is C16H24N2O2. The molecule has 0 aromatic heterocycles. The van der Waals surface area contributed by atoms with Gasteiger partial charge >= 0.3 is 0 Å². The molecule has 1 amide bonds. The van der Waals surface area contributed by atoms with Gasteiger partial charge in [0.15, 0.2) is 0 Å². The first-order valence-corrected chi connectivity index (χ1v) is 6.95. The van der Waals surface area contributed by atoms with E-state index in [1.54, 1.807) is 4.90 Å². The van der Waals surface area contributed by atoms with Crippen LogP contribution in [0.1, 0.15) is 20.8 Å². The standard InChI is InChI=1S/C16H24N2O2/c1-5-18(12-13(3)4)16(19)11-17-14-7-9-15(10-8-14)20-6-2/h7-10,17H,3,5-6,11-12H2,1-2,4H3. The fourth-order valence-corrected chi connectivity index (χ4v) is 1.83. The molecule has 1 N–H and O–H groups in total. The Bertz CT molecular complexity index is 440. The molecule has 0 aliphatic heterocycles. The summed E-state index contributed by atoms with van der Waals surface area (Å²) in [5.41, 5.74) is 1.90. The van der Waals surface area contributed by atoms with E-state index < -0.39 is 0 Å². The summed E-state index contributed by atoms with van der Waals surface area (Å²) < 4.78 is 5.37. The molecule has 0 fully saturated rings. The van der Waals surface area contributed by atoms with E-state index in [4.69, 9.17) is 4.74 Å². The number of nitrogens with zero attached hydrogens (tertiary/aromatic N) is 1. The number of anilines is 1. The number of nitrogens with one attached hydrogen (secondary N) is 1. The predicted octanol–water partition coefficient (Wildman–Crippen LogP) is 2.92. The van der Waals surface area contributed by atoms with Gasteiger partial charge in [-0.15, -0.1) is 0 Å². The van der Waals surface area contributed by atoms with Crippen molar-refractivity contribution >= 4 is 11.6 Å². The molecule has 1 rings (SSSR count). The van der Waals surface area contributed by atoms with Crippen molar-refractivity contribution in [2.24, 2.45) is 0 Å². The number of benzene rings is 1. The van der Waals surface area contributed by atoms with Crippen LogP contribution in [0.2, 0.25) is 0 Å². The second kappa shape index (κ2) is 8.25. The lowest BCUT2D eigenvalue weighted by molar-refractivity contribution is -0.128. The largest absolute Gasteiger partial charge is 0.494 e. The van der Waals surface area contributed by atoms with Crippen LogP contribution >= 0.6 is 0 Å². The third kappa shape index (κ3) is 5.34. The lowest BCUT2D eigenvalue weighted by atomic mass is 10.3. The maximum Gasteiger partial charge on any atom is 0.242 e. The second-order valence-electron chi connectivity index (χ2n) is 4.68. The maximum absolute atomic E-state index is 12.1. The molecule has 0 spiro atoms. The van der Waals surface area contributed by atoms with Gasteiger partial charge in [-0.1, -0.05) is 12.2 Å². The summed E-state index contributed by atoms with van der Waals surface area (Å²) in [6, 6.07) is 7.60. The normalized spacial score (nSPS) is 9.95. The molecular weight excluding hydrogens is 252 g/mol. The van der Waals surface area contributed by atoms with Gasteiger partial charge in [0.25, 0.3) is 0 Å². The van der Waals surface area contributed by atoms with E-state index in [1.807, 2.05) is 45.0 Å². The van der Waals surface area contributed by atoms with E-state index in [2.05, 4.69) is 11.9 Å². The Kier molecular flexibility index (Phi) is 6.64. The summed E-state index contributed by atoms with van der Waals surface area (Å²) in [5.74, 6) is 0.909. The van der Waals surface area contributed by atoms with Gasteiger partial charge in [-0.2, -0.15) is 0 Å². The van der Waals surface area contributed by atoms with Crippen molar-refractivity contribution in [2.45, 2.75) is 20.8 Å². The molecule has 0 aliphatic rings. The lowest BCUT2D eigenvalue weighted by Crippen LogP contribution is -2.36. The Morgan fingerprint density at radius 3 is 2.45 bits per heavy atom. The summed E-state index contributed by atoms with van der Waals surface area (Å²) in [4.78, 5) is 13.8. The van der Waals surface area contributed by atoms with Crippen LogP contribution in [0.5, 0.6) is 5.75 Å². The fourth-order valence-electron chi connectivity index (χ4n) is 1.83. The van der Waals surface area contributed by atoms with E-state index in [0.717, 1.165) is 17.0 Å². The minimum absolute atomic E-state index is 0.0735. The predicted molar refractivity (Wildman–Crippen MR) is 83.2 cm³/mol. The molecule has 0 heterocycles. The number of carbonyl (C=O) groups excluding carboxylic acids is 1. The molecule has 0 atom stereocenters. The molecule has 0 aliphatic carbocycles. The van der Waals surface area contributed by atoms with Gasteiger partial charge in [-0.05, 0) is 45.0 Å². The highest BCUT2D eigenvalue weighted by atomic mass is 16.5. The number of hydrogen-bond donors (Lipinski definition) is 1. The van der Waals surface area contributed by atoms with Crippen molar-refractivity contribution in [2.75, 3.05) is 31.6 Å². The van der Waals surface area contributed by atoms with Crippen molar-refractivity contribution in [1.29, 1.82) is 0 Å². The highest BCUT2D eigenvalue weighted by Crippen LogP contribution is 2.15. The molecule has 0 saturated heterocycles. The van der Waals surface area contributed by atoms with E-state index in [1.165, 1.54) is 0 Å². The highest BCUT2D eigenvalue weighted by molar-refractivity contribution is 5.81. The Hall–Kier alpha value is -1.97. The van der Waals surface area contributed by atoms with Crippen LogP contribution in [0.15, 0.2) is 36.4 Å². The zero-order valence-electron chi connectivity index (χ0n) is 12.6. The van der Waals surface area contributed by atoms with Gasteiger partial charge in [0.1, 0.15) is 5.75 Å². The van der Waals surface area contributed by atoms with Gasteiger partial charge in [0, 0.05) is 18.8 Å². The first kappa shape index (κ1) is 16.1.